The van der Waals surface area contributed by atoms with Crippen molar-refractivity contribution in [2.24, 2.45) is 0 Å². The van der Waals surface area contributed by atoms with Gasteiger partial charge in [-0.1, -0.05) is 12.1 Å². The number of hydrogen-bond donors (Lipinski definition) is 2. The fourth-order valence-corrected chi connectivity index (χ4v) is 1.75. The van der Waals surface area contributed by atoms with Gasteiger partial charge in [0.05, 0.1) is 12.8 Å². The Morgan fingerprint density at radius 3 is 2.47 bits per heavy atom. The molecule has 5 heteroatoms. The zero-order valence-electron chi connectivity index (χ0n) is 10.2. The predicted octanol–water partition coefficient (Wildman–Crippen LogP) is 3.59. The molecule has 2 aromatic rings. The highest BCUT2D eigenvalue weighted by atomic mass is 19.1. The number of amides is 1. The van der Waals surface area contributed by atoms with Crippen LogP contribution in [0, 0.1) is 5.82 Å². The summed E-state index contributed by atoms with van der Waals surface area (Å²) in [5.41, 5.74) is 1.51. The first-order chi connectivity index (χ1) is 9.10. The summed E-state index contributed by atoms with van der Waals surface area (Å²) in [6.45, 7) is 0. The van der Waals surface area contributed by atoms with Gasteiger partial charge in [-0.2, -0.15) is 0 Å². The van der Waals surface area contributed by atoms with E-state index in [1.165, 1.54) is 18.2 Å². The Morgan fingerprint density at radius 2 is 1.89 bits per heavy atom. The number of hydrogen-bond acceptors (Lipinski definition) is 2. The van der Waals surface area contributed by atoms with E-state index in [2.05, 4.69) is 5.32 Å². The zero-order chi connectivity index (χ0) is 13.8. The molecule has 0 radical (unpaired) electrons. The van der Waals surface area contributed by atoms with Crippen molar-refractivity contribution in [1.82, 2.24) is 0 Å². The van der Waals surface area contributed by atoms with Gasteiger partial charge < -0.3 is 9.84 Å². The molecule has 0 saturated heterocycles. The number of nitrogens with one attached hydrogen (secondary N) is 1. The van der Waals surface area contributed by atoms with Gasteiger partial charge in [-0.3, -0.25) is 5.32 Å². The fraction of sp³-hybridized carbons (Fsp3) is 0.0714. The molecular weight excluding hydrogens is 249 g/mol. The van der Waals surface area contributed by atoms with E-state index in [1.807, 2.05) is 0 Å². The van der Waals surface area contributed by atoms with Crippen molar-refractivity contribution in [3.8, 4) is 16.9 Å². The standard InChI is InChI=1S/C14H12FNO3/c1-19-11-5-2-9(3-6-11)12-8-10(15)4-7-13(12)16-14(17)18/h2-8,16H,1H3,(H,17,18). The number of halogens is 1. The number of anilines is 1. The summed E-state index contributed by atoms with van der Waals surface area (Å²) in [5.74, 6) is 0.245. The summed E-state index contributed by atoms with van der Waals surface area (Å²) in [7, 11) is 1.55. The van der Waals surface area contributed by atoms with Gasteiger partial charge in [0.2, 0.25) is 0 Å². The van der Waals surface area contributed by atoms with E-state index in [4.69, 9.17) is 9.84 Å². The quantitative estimate of drug-likeness (QED) is 0.887. The van der Waals surface area contributed by atoms with Crippen molar-refractivity contribution >= 4 is 11.8 Å². The Labute approximate surface area is 109 Å². The molecule has 98 valence electrons. The number of methoxy groups -OCH3 is 1. The molecule has 1 amide bonds. The first-order valence-corrected chi connectivity index (χ1v) is 5.54. The maximum Gasteiger partial charge on any atom is 0.409 e. The second-order valence-corrected chi connectivity index (χ2v) is 3.85. The Bertz CT molecular complexity index is 596. The van der Waals surface area contributed by atoms with E-state index < -0.39 is 11.9 Å². The van der Waals surface area contributed by atoms with Crippen molar-refractivity contribution in [2.75, 3.05) is 12.4 Å². The Balaban J connectivity index is 2.46. The third kappa shape index (κ3) is 3.01. The van der Waals surface area contributed by atoms with Gasteiger partial charge in [0, 0.05) is 5.56 Å². The SMILES string of the molecule is COc1ccc(-c2cc(F)ccc2NC(=O)O)cc1. The molecule has 0 saturated carbocycles. The minimum Gasteiger partial charge on any atom is -0.497 e. The van der Waals surface area contributed by atoms with Gasteiger partial charge in [-0.25, -0.2) is 9.18 Å². The van der Waals surface area contributed by atoms with Crippen molar-refractivity contribution in [3.63, 3.8) is 0 Å². The third-order valence-corrected chi connectivity index (χ3v) is 2.62. The van der Waals surface area contributed by atoms with E-state index in [1.54, 1.807) is 31.4 Å². The highest BCUT2D eigenvalue weighted by molar-refractivity contribution is 5.90. The van der Waals surface area contributed by atoms with Crippen molar-refractivity contribution in [3.05, 3.63) is 48.3 Å². The third-order valence-electron chi connectivity index (χ3n) is 2.62. The average Bonchev–Trinajstić information content (AvgIpc) is 2.40. The molecule has 2 aromatic carbocycles. The molecule has 0 heterocycles. The van der Waals surface area contributed by atoms with Gasteiger partial charge in [0.25, 0.3) is 0 Å². The van der Waals surface area contributed by atoms with Crippen LogP contribution in [0.4, 0.5) is 14.9 Å². The monoisotopic (exact) mass is 261 g/mol. The molecule has 0 aliphatic heterocycles. The summed E-state index contributed by atoms with van der Waals surface area (Å²) in [6, 6.07) is 10.8. The molecule has 0 aromatic heterocycles. The van der Waals surface area contributed by atoms with Crippen LogP contribution >= 0.6 is 0 Å². The topological polar surface area (TPSA) is 58.6 Å². The molecule has 19 heavy (non-hydrogen) atoms. The van der Waals surface area contributed by atoms with Gasteiger partial charge >= 0.3 is 6.09 Å². The van der Waals surface area contributed by atoms with E-state index in [-0.39, 0.29) is 0 Å². The lowest BCUT2D eigenvalue weighted by Crippen LogP contribution is -2.08. The van der Waals surface area contributed by atoms with Crippen molar-refractivity contribution < 1.29 is 19.0 Å². The number of carbonyl (C=O) groups is 1. The lowest BCUT2D eigenvalue weighted by molar-refractivity contribution is 0.210. The molecule has 0 bridgehead atoms. The molecule has 2 rings (SSSR count). The summed E-state index contributed by atoms with van der Waals surface area (Å²) in [5, 5.41) is 11.0. The molecule has 0 aliphatic rings. The smallest absolute Gasteiger partial charge is 0.409 e. The zero-order valence-corrected chi connectivity index (χ0v) is 10.2. The first kappa shape index (κ1) is 12.9. The fourth-order valence-electron chi connectivity index (χ4n) is 1.75. The summed E-state index contributed by atoms with van der Waals surface area (Å²) in [4.78, 5) is 10.7. The second-order valence-electron chi connectivity index (χ2n) is 3.85. The number of carboxylic acid groups (broad SMARTS) is 1. The van der Waals surface area contributed by atoms with Crippen LogP contribution < -0.4 is 10.1 Å². The summed E-state index contributed by atoms with van der Waals surface area (Å²) < 4.78 is 18.4. The van der Waals surface area contributed by atoms with E-state index in [9.17, 15) is 9.18 Å². The lowest BCUT2D eigenvalue weighted by Gasteiger charge is -2.10. The van der Waals surface area contributed by atoms with E-state index in [0.717, 1.165) is 0 Å². The van der Waals surface area contributed by atoms with Crippen LogP contribution in [0.2, 0.25) is 0 Å². The maximum absolute atomic E-state index is 13.3. The van der Waals surface area contributed by atoms with Crippen LogP contribution in [0.5, 0.6) is 5.75 Å². The number of ether oxygens (including phenoxy) is 1. The highest BCUT2D eigenvalue weighted by Crippen LogP contribution is 2.30. The minimum atomic E-state index is -1.19. The summed E-state index contributed by atoms with van der Waals surface area (Å²) in [6.07, 6.45) is -1.19. The summed E-state index contributed by atoms with van der Waals surface area (Å²) >= 11 is 0. The molecule has 0 fully saturated rings. The Kier molecular flexibility index (Phi) is 3.66. The van der Waals surface area contributed by atoms with Crippen LogP contribution in [0.1, 0.15) is 0 Å². The number of rotatable bonds is 3. The molecule has 0 aliphatic carbocycles. The maximum atomic E-state index is 13.3. The van der Waals surface area contributed by atoms with Crippen LogP contribution in [-0.2, 0) is 0 Å². The van der Waals surface area contributed by atoms with Crippen LogP contribution in [0.3, 0.4) is 0 Å². The minimum absolute atomic E-state index is 0.332. The molecular formula is C14H12FNO3. The highest BCUT2D eigenvalue weighted by Gasteiger charge is 2.09. The first-order valence-electron chi connectivity index (χ1n) is 5.54. The number of benzene rings is 2. The molecule has 2 N–H and O–H groups in total. The van der Waals surface area contributed by atoms with Gasteiger partial charge in [-0.15, -0.1) is 0 Å². The van der Waals surface area contributed by atoms with Crippen molar-refractivity contribution in [1.29, 1.82) is 0 Å². The molecule has 0 unspecified atom stereocenters. The normalized spacial score (nSPS) is 10.0. The van der Waals surface area contributed by atoms with Crippen molar-refractivity contribution in [2.45, 2.75) is 0 Å². The Morgan fingerprint density at radius 1 is 1.21 bits per heavy atom. The Hall–Kier alpha value is -2.56. The van der Waals surface area contributed by atoms with Crippen LogP contribution in [0.15, 0.2) is 42.5 Å². The van der Waals surface area contributed by atoms with Gasteiger partial charge in [-0.05, 0) is 35.9 Å². The van der Waals surface area contributed by atoms with Crippen LogP contribution in [-0.4, -0.2) is 18.3 Å². The van der Waals surface area contributed by atoms with Gasteiger partial charge in [0.15, 0.2) is 0 Å². The molecule has 0 atom stereocenters. The predicted molar refractivity (Wildman–Crippen MR) is 70.0 cm³/mol. The second kappa shape index (κ2) is 5.39. The lowest BCUT2D eigenvalue weighted by atomic mass is 10.0. The largest absolute Gasteiger partial charge is 0.497 e. The van der Waals surface area contributed by atoms with E-state index >= 15 is 0 Å². The van der Waals surface area contributed by atoms with Crippen LogP contribution in [0.25, 0.3) is 11.1 Å². The molecule has 4 nitrogen and oxygen atoms in total. The average molecular weight is 261 g/mol. The van der Waals surface area contributed by atoms with E-state index in [0.29, 0.717) is 22.6 Å². The molecule has 0 spiro atoms. The van der Waals surface area contributed by atoms with Gasteiger partial charge in [0.1, 0.15) is 11.6 Å².